The lowest BCUT2D eigenvalue weighted by Gasteiger charge is -2.17. The number of carbonyl (C=O) groups is 1. The normalized spacial score (nSPS) is 11.9. The fraction of sp³-hybridized carbons (Fsp3) is 0.385. The number of ether oxygens (including phenoxy) is 2. The van der Waals surface area contributed by atoms with E-state index in [9.17, 15) is 4.79 Å². The first kappa shape index (κ1) is 27.9. The van der Waals surface area contributed by atoms with Gasteiger partial charge in [0.15, 0.2) is 0 Å². The molecule has 0 fully saturated rings. The van der Waals surface area contributed by atoms with Gasteiger partial charge in [0.2, 0.25) is 0 Å². The molecule has 0 bridgehead atoms. The average Bonchev–Trinajstić information content (AvgIpc) is 3.38. The molecule has 0 radical (unpaired) electrons. The number of nitrogens with one attached hydrogen (secondary N) is 2. The summed E-state index contributed by atoms with van der Waals surface area (Å²) in [5, 5.41) is 11.3. The van der Waals surface area contributed by atoms with Crippen LogP contribution < -0.4 is 19.9 Å². The van der Waals surface area contributed by atoms with Crippen molar-refractivity contribution in [3.63, 3.8) is 0 Å². The summed E-state index contributed by atoms with van der Waals surface area (Å²) in [7, 11) is 4.04. The monoisotopic (exact) mass is 529 g/mol. The number of unbranched alkanes of at least 4 members (excludes halogenated alkanes) is 1. The summed E-state index contributed by atoms with van der Waals surface area (Å²) in [6, 6.07) is 17.4. The third kappa shape index (κ3) is 9.79. The van der Waals surface area contributed by atoms with Gasteiger partial charge in [-0.1, -0.05) is 30.3 Å². The van der Waals surface area contributed by atoms with Crippen LogP contribution in [-0.4, -0.2) is 49.8 Å². The summed E-state index contributed by atoms with van der Waals surface area (Å²) in [6.07, 6.45) is 2.14. The predicted octanol–water partition coefficient (Wildman–Crippen LogP) is 5.00. The van der Waals surface area contributed by atoms with Gasteiger partial charge in [-0.25, -0.2) is 9.78 Å². The summed E-state index contributed by atoms with van der Waals surface area (Å²) < 4.78 is 14.3. The highest BCUT2D eigenvalue weighted by molar-refractivity contribution is 7.95. The Bertz CT molecular complexity index is 1030. The molecule has 36 heavy (non-hydrogen) atoms. The first-order valence-corrected chi connectivity index (χ1v) is 13.7. The second-order valence-electron chi connectivity index (χ2n) is 8.52. The number of amides is 1. The quantitative estimate of drug-likeness (QED) is 0.187. The minimum absolute atomic E-state index is 0.225. The van der Waals surface area contributed by atoms with Crippen LogP contribution in [0.25, 0.3) is 10.6 Å². The fourth-order valence-corrected chi connectivity index (χ4v) is 4.57. The molecule has 0 aliphatic carbocycles. The smallest absolute Gasteiger partial charge is 0.408 e. The van der Waals surface area contributed by atoms with E-state index in [1.54, 1.807) is 11.3 Å². The van der Waals surface area contributed by atoms with E-state index in [1.807, 2.05) is 74.1 Å². The molecule has 4 N–H and O–H groups in total. The predicted molar refractivity (Wildman–Crippen MR) is 148 cm³/mol. The molecule has 0 saturated carbocycles. The lowest BCUT2D eigenvalue weighted by Crippen LogP contribution is -2.29. The molecule has 1 atom stereocenters. The summed E-state index contributed by atoms with van der Waals surface area (Å²) in [6.45, 7) is 2.53. The van der Waals surface area contributed by atoms with Gasteiger partial charge in [0.05, 0.1) is 11.7 Å². The van der Waals surface area contributed by atoms with E-state index < -0.39 is 6.09 Å². The first-order valence-electron chi connectivity index (χ1n) is 11.9. The zero-order valence-corrected chi connectivity index (χ0v) is 22.4. The van der Waals surface area contributed by atoms with Crippen LogP contribution in [0.5, 0.6) is 5.75 Å². The molecule has 0 spiro atoms. The molecule has 1 amide bonds. The zero-order chi connectivity index (χ0) is 25.6. The second-order valence-corrected chi connectivity index (χ2v) is 9.90. The third-order valence-corrected chi connectivity index (χ3v) is 6.68. The van der Waals surface area contributed by atoms with Crippen LogP contribution in [0.2, 0.25) is 0 Å². The van der Waals surface area contributed by atoms with Gasteiger partial charge in [0, 0.05) is 36.2 Å². The van der Waals surface area contributed by atoms with Crippen LogP contribution in [0, 0.1) is 0 Å². The number of hydrogen-bond donors (Lipinski definition) is 3. The summed E-state index contributed by atoms with van der Waals surface area (Å²) in [5.74, 6) is 0.835. The highest BCUT2D eigenvalue weighted by atomic mass is 32.2. The Kier molecular flexibility index (Phi) is 12.0. The molecule has 10 heteroatoms. The van der Waals surface area contributed by atoms with Crippen molar-refractivity contribution >= 4 is 29.6 Å². The van der Waals surface area contributed by atoms with Crippen molar-refractivity contribution in [2.75, 3.05) is 33.8 Å². The van der Waals surface area contributed by atoms with Crippen molar-refractivity contribution in [3.8, 4) is 16.3 Å². The van der Waals surface area contributed by atoms with Crippen molar-refractivity contribution in [2.24, 2.45) is 5.14 Å². The summed E-state index contributed by atoms with van der Waals surface area (Å²) in [4.78, 5) is 19.5. The van der Waals surface area contributed by atoms with E-state index in [0.717, 1.165) is 72.1 Å². The number of nitrogens with zero attached hydrogens (tertiary/aromatic N) is 2. The van der Waals surface area contributed by atoms with Gasteiger partial charge in [0.25, 0.3) is 0 Å². The van der Waals surface area contributed by atoms with Gasteiger partial charge in [-0.15, -0.1) is 11.3 Å². The number of rotatable bonds is 15. The van der Waals surface area contributed by atoms with Gasteiger partial charge in [0.1, 0.15) is 24.0 Å². The molecule has 2 aromatic carbocycles. The van der Waals surface area contributed by atoms with Crippen LogP contribution >= 0.6 is 23.5 Å². The van der Waals surface area contributed by atoms with E-state index in [1.165, 1.54) is 0 Å². The molecule has 0 aliphatic heterocycles. The Balaban J connectivity index is 1.61. The number of carbonyl (C=O) groups excluding carboxylic acids is 1. The van der Waals surface area contributed by atoms with Crippen LogP contribution in [0.4, 0.5) is 4.79 Å². The Labute approximate surface area is 221 Å². The van der Waals surface area contributed by atoms with Crippen molar-refractivity contribution < 1.29 is 14.3 Å². The maximum absolute atomic E-state index is 12.6. The molecule has 8 nitrogen and oxygen atoms in total. The largest absolute Gasteiger partial charge is 0.492 e. The first-order chi connectivity index (χ1) is 17.5. The number of alkyl carbamates (subject to hydrolysis) is 1. The maximum atomic E-state index is 12.6. The minimum Gasteiger partial charge on any atom is -0.492 e. The van der Waals surface area contributed by atoms with Crippen molar-refractivity contribution in [2.45, 2.75) is 31.9 Å². The molecule has 0 aliphatic rings. The van der Waals surface area contributed by atoms with Gasteiger partial charge in [-0.05, 0) is 63.2 Å². The fourth-order valence-electron chi connectivity index (χ4n) is 3.42. The van der Waals surface area contributed by atoms with Crippen LogP contribution in [-0.2, 0) is 11.3 Å². The summed E-state index contributed by atoms with van der Waals surface area (Å²) >= 11 is 2.68. The lowest BCUT2D eigenvalue weighted by atomic mass is 10.1. The van der Waals surface area contributed by atoms with Crippen LogP contribution in [0.3, 0.4) is 0 Å². The number of benzene rings is 2. The molecule has 194 valence electrons. The Morgan fingerprint density at radius 3 is 2.64 bits per heavy atom. The summed E-state index contributed by atoms with van der Waals surface area (Å²) in [5.41, 5.74) is 2.79. The molecule has 0 saturated heterocycles. The van der Waals surface area contributed by atoms with Crippen LogP contribution in [0.15, 0.2) is 60.0 Å². The Morgan fingerprint density at radius 1 is 1.14 bits per heavy atom. The van der Waals surface area contributed by atoms with E-state index in [4.69, 9.17) is 19.6 Å². The van der Waals surface area contributed by atoms with Gasteiger partial charge < -0.3 is 19.7 Å². The second kappa shape index (κ2) is 15.5. The molecular weight excluding hydrogens is 494 g/mol. The number of aromatic nitrogens is 1. The van der Waals surface area contributed by atoms with Gasteiger partial charge in [-0.3, -0.25) is 9.86 Å². The molecular formula is C26H35N5O3S2. The molecule has 3 aromatic rings. The molecule has 1 unspecified atom stereocenters. The van der Waals surface area contributed by atoms with E-state index in [2.05, 4.69) is 14.9 Å². The standard InChI is InChI=1S/C26H35N5O3S2/c1-31(2)16-17-33-22-13-11-21(12-14-22)25-29-24(19-35-25)23(10-6-7-15-28-36-27)30-26(32)34-18-20-8-4-3-5-9-20/h3-5,8-9,11-14,19,23,28H,6-7,10,15-18,27H2,1-2H3,(H,30,32). The van der Waals surface area contributed by atoms with Crippen LogP contribution in [0.1, 0.15) is 36.6 Å². The Hall–Kier alpha value is -2.63. The highest BCUT2D eigenvalue weighted by Gasteiger charge is 2.19. The topological polar surface area (TPSA) is 102 Å². The van der Waals surface area contributed by atoms with E-state index in [0.29, 0.717) is 6.61 Å². The van der Waals surface area contributed by atoms with E-state index >= 15 is 0 Å². The molecule has 3 rings (SSSR count). The van der Waals surface area contributed by atoms with Gasteiger partial charge >= 0.3 is 6.09 Å². The maximum Gasteiger partial charge on any atom is 0.408 e. The highest BCUT2D eigenvalue weighted by Crippen LogP contribution is 2.29. The van der Waals surface area contributed by atoms with Crippen molar-refractivity contribution in [3.05, 3.63) is 71.2 Å². The number of likely N-dealkylation sites (N-methyl/N-ethyl adjacent to an activating group) is 1. The molecule has 1 aromatic heterocycles. The minimum atomic E-state index is -0.451. The zero-order valence-electron chi connectivity index (χ0n) is 20.8. The average molecular weight is 530 g/mol. The SMILES string of the molecule is CN(C)CCOc1ccc(-c2nc(C(CCCCNSN)NC(=O)OCc3ccccc3)cs2)cc1. The third-order valence-electron chi connectivity index (χ3n) is 5.40. The van der Waals surface area contributed by atoms with Crippen molar-refractivity contribution in [1.82, 2.24) is 19.9 Å². The lowest BCUT2D eigenvalue weighted by molar-refractivity contribution is 0.134. The van der Waals surface area contributed by atoms with Crippen molar-refractivity contribution in [1.29, 1.82) is 0 Å². The number of thiazole rings is 1. The van der Waals surface area contributed by atoms with Gasteiger partial charge in [-0.2, -0.15) is 0 Å². The Morgan fingerprint density at radius 2 is 1.92 bits per heavy atom. The number of nitrogens with two attached hydrogens (primary N) is 1. The number of hydrogen-bond acceptors (Lipinski definition) is 9. The van der Waals surface area contributed by atoms with E-state index in [-0.39, 0.29) is 12.6 Å². The molecule has 1 heterocycles.